The van der Waals surface area contributed by atoms with Crippen molar-refractivity contribution in [1.82, 2.24) is 5.32 Å². The van der Waals surface area contributed by atoms with Crippen molar-refractivity contribution in [3.05, 3.63) is 58.7 Å². The second-order valence-corrected chi connectivity index (χ2v) is 5.40. The molecule has 0 bridgehead atoms. The third kappa shape index (κ3) is 2.25. The van der Waals surface area contributed by atoms with Gasteiger partial charge in [0.1, 0.15) is 0 Å². The molecule has 0 aromatic heterocycles. The Labute approximate surface area is 118 Å². The number of hydrogen-bond acceptors (Lipinski definition) is 3. The quantitative estimate of drug-likeness (QED) is 0.698. The molecule has 0 aliphatic carbocycles. The highest BCUT2D eigenvalue weighted by Crippen LogP contribution is 2.37. The number of nitrogens with one attached hydrogen (secondary N) is 1. The van der Waals surface area contributed by atoms with E-state index in [0.717, 1.165) is 30.6 Å². The zero-order valence-electron chi connectivity index (χ0n) is 11.6. The van der Waals surface area contributed by atoms with Crippen LogP contribution in [0.3, 0.4) is 0 Å². The minimum absolute atomic E-state index is 0.0332. The van der Waals surface area contributed by atoms with Crippen LogP contribution in [0.25, 0.3) is 0 Å². The van der Waals surface area contributed by atoms with Crippen molar-refractivity contribution >= 4 is 0 Å². The normalized spacial score (nSPS) is 18.4. The number of fused-ring (bicyclic) bond motifs is 1. The van der Waals surface area contributed by atoms with E-state index in [1.165, 1.54) is 11.1 Å². The van der Waals surface area contributed by atoms with Crippen molar-refractivity contribution in [2.24, 2.45) is 0 Å². The SMILES string of the molecule is Cc1ccccc1[C@H]1CNCCc2cc(O)c(O)cc21. The minimum Gasteiger partial charge on any atom is -0.504 e. The van der Waals surface area contributed by atoms with Gasteiger partial charge in [0.05, 0.1) is 0 Å². The van der Waals surface area contributed by atoms with E-state index in [-0.39, 0.29) is 17.4 Å². The molecule has 2 aromatic carbocycles. The number of hydrogen-bond donors (Lipinski definition) is 3. The fraction of sp³-hybridized carbons (Fsp3) is 0.294. The lowest BCUT2D eigenvalue weighted by Gasteiger charge is -2.20. The van der Waals surface area contributed by atoms with Gasteiger partial charge in [0.2, 0.25) is 0 Å². The summed E-state index contributed by atoms with van der Waals surface area (Å²) in [7, 11) is 0. The first-order valence-corrected chi connectivity index (χ1v) is 6.98. The Morgan fingerprint density at radius 1 is 1.05 bits per heavy atom. The van der Waals surface area contributed by atoms with Crippen molar-refractivity contribution in [1.29, 1.82) is 0 Å². The molecule has 2 aromatic rings. The molecule has 20 heavy (non-hydrogen) atoms. The third-order valence-corrected chi connectivity index (χ3v) is 4.10. The topological polar surface area (TPSA) is 52.5 Å². The van der Waals surface area contributed by atoms with Crippen LogP contribution in [0.4, 0.5) is 0 Å². The molecule has 1 aliphatic heterocycles. The summed E-state index contributed by atoms with van der Waals surface area (Å²) in [6.45, 7) is 3.85. The molecule has 0 amide bonds. The van der Waals surface area contributed by atoms with Gasteiger partial charge in [-0.3, -0.25) is 0 Å². The Morgan fingerprint density at radius 2 is 1.80 bits per heavy atom. The summed E-state index contributed by atoms with van der Waals surface area (Å²) in [5.41, 5.74) is 4.74. The Balaban J connectivity index is 2.14. The molecule has 0 saturated carbocycles. The molecule has 1 heterocycles. The van der Waals surface area contributed by atoms with E-state index in [4.69, 9.17) is 0 Å². The van der Waals surface area contributed by atoms with Crippen molar-refractivity contribution in [2.45, 2.75) is 19.3 Å². The maximum absolute atomic E-state index is 9.83. The lowest BCUT2D eigenvalue weighted by molar-refractivity contribution is 0.402. The summed E-state index contributed by atoms with van der Waals surface area (Å²) < 4.78 is 0. The van der Waals surface area contributed by atoms with E-state index in [9.17, 15) is 10.2 Å². The predicted molar refractivity (Wildman–Crippen MR) is 79.4 cm³/mol. The van der Waals surface area contributed by atoms with Crippen LogP contribution in [-0.4, -0.2) is 23.3 Å². The molecule has 104 valence electrons. The van der Waals surface area contributed by atoms with Crippen molar-refractivity contribution in [3.8, 4) is 11.5 Å². The monoisotopic (exact) mass is 269 g/mol. The molecule has 0 unspecified atom stereocenters. The molecule has 3 heteroatoms. The summed E-state index contributed by atoms with van der Waals surface area (Å²) in [6, 6.07) is 11.8. The number of aromatic hydroxyl groups is 2. The highest BCUT2D eigenvalue weighted by Gasteiger charge is 2.23. The number of phenolic OH excluding ortho intramolecular Hbond substituents is 2. The van der Waals surface area contributed by atoms with Crippen LogP contribution in [0.15, 0.2) is 36.4 Å². The molecule has 3 rings (SSSR count). The molecule has 1 aliphatic rings. The number of phenols is 2. The molecule has 3 nitrogen and oxygen atoms in total. The molecule has 0 radical (unpaired) electrons. The highest BCUT2D eigenvalue weighted by atomic mass is 16.3. The van der Waals surface area contributed by atoms with E-state index >= 15 is 0 Å². The Kier molecular flexibility index (Phi) is 3.36. The van der Waals surface area contributed by atoms with Gasteiger partial charge in [0.15, 0.2) is 11.5 Å². The summed E-state index contributed by atoms with van der Waals surface area (Å²) in [5.74, 6) is 0.138. The van der Waals surface area contributed by atoms with Crippen LogP contribution in [0.2, 0.25) is 0 Å². The summed E-state index contributed by atoms with van der Waals surface area (Å²) in [6.07, 6.45) is 0.867. The van der Waals surface area contributed by atoms with Gasteiger partial charge in [0.25, 0.3) is 0 Å². The second kappa shape index (κ2) is 5.17. The van der Waals surface area contributed by atoms with E-state index < -0.39 is 0 Å². The van der Waals surface area contributed by atoms with Crippen molar-refractivity contribution in [2.75, 3.05) is 13.1 Å². The summed E-state index contributed by atoms with van der Waals surface area (Å²) in [5, 5.41) is 23.0. The van der Waals surface area contributed by atoms with Crippen molar-refractivity contribution < 1.29 is 10.2 Å². The minimum atomic E-state index is -0.0377. The van der Waals surface area contributed by atoms with Crippen LogP contribution in [0.1, 0.15) is 28.2 Å². The second-order valence-electron chi connectivity index (χ2n) is 5.40. The number of rotatable bonds is 1. The van der Waals surface area contributed by atoms with Gasteiger partial charge in [-0.1, -0.05) is 24.3 Å². The van der Waals surface area contributed by atoms with Gasteiger partial charge in [0, 0.05) is 12.5 Å². The van der Waals surface area contributed by atoms with E-state index in [1.54, 1.807) is 12.1 Å². The first kappa shape index (κ1) is 13.0. The first-order valence-electron chi connectivity index (χ1n) is 6.98. The molecular weight excluding hydrogens is 250 g/mol. The van der Waals surface area contributed by atoms with Gasteiger partial charge >= 0.3 is 0 Å². The zero-order valence-corrected chi connectivity index (χ0v) is 11.6. The van der Waals surface area contributed by atoms with Gasteiger partial charge in [-0.25, -0.2) is 0 Å². The number of aryl methyl sites for hydroxylation is 1. The van der Waals surface area contributed by atoms with Crippen LogP contribution < -0.4 is 5.32 Å². The maximum atomic E-state index is 9.83. The highest BCUT2D eigenvalue weighted by molar-refractivity contribution is 5.51. The smallest absolute Gasteiger partial charge is 0.157 e. The van der Waals surface area contributed by atoms with Crippen LogP contribution in [0, 0.1) is 6.92 Å². The van der Waals surface area contributed by atoms with E-state index in [2.05, 4.69) is 24.4 Å². The first-order chi connectivity index (χ1) is 9.66. The molecule has 3 N–H and O–H groups in total. The fourth-order valence-corrected chi connectivity index (χ4v) is 3.01. The fourth-order valence-electron chi connectivity index (χ4n) is 3.01. The maximum Gasteiger partial charge on any atom is 0.157 e. The van der Waals surface area contributed by atoms with Gasteiger partial charge in [-0.05, 0) is 54.3 Å². The Morgan fingerprint density at radius 3 is 2.60 bits per heavy atom. The third-order valence-electron chi connectivity index (χ3n) is 4.10. The summed E-state index contributed by atoms with van der Waals surface area (Å²) >= 11 is 0. The lowest BCUT2D eigenvalue weighted by Crippen LogP contribution is -2.21. The average Bonchev–Trinajstić information content (AvgIpc) is 2.63. The molecule has 0 saturated heterocycles. The summed E-state index contributed by atoms with van der Waals surface area (Å²) in [4.78, 5) is 0. The van der Waals surface area contributed by atoms with E-state index in [0.29, 0.717) is 0 Å². The molecular formula is C17H19NO2. The van der Waals surface area contributed by atoms with Gasteiger partial charge < -0.3 is 15.5 Å². The average molecular weight is 269 g/mol. The zero-order chi connectivity index (χ0) is 14.1. The van der Waals surface area contributed by atoms with Crippen LogP contribution >= 0.6 is 0 Å². The van der Waals surface area contributed by atoms with Crippen LogP contribution in [0.5, 0.6) is 11.5 Å². The standard InChI is InChI=1S/C17H19NO2/c1-11-4-2-3-5-13(11)15-10-18-7-6-12-8-16(19)17(20)9-14(12)15/h2-5,8-9,15,18-20H,6-7,10H2,1H3/t15-/m1/s1. The van der Waals surface area contributed by atoms with Crippen LogP contribution in [-0.2, 0) is 6.42 Å². The van der Waals surface area contributed by atoms with Crippen molar-refractivity contribution in [3.63, 3.8) is 0 Å². The largest absolute Gasteiger partial charge is 0.504 e. The molecule has 0 fully saturated rings. The Hall–Kier alpha value is -2.00. The van der Waals surface area contributed by atoms with E-state index in [1.807, 2.05) is 12.1 Å². The Bertz CT molecular complexity index is 637. The molecule has 1 atom stereocenters. The number of benzene rings is 2. The van der Waals surface area contributed by atoms with Gasteiger partial charge in [-0.15, -0.1) is 0 Å². The predicted octanol–water partition coefficient (Wildman–Crippen LogP) is 2.68. The lowest BCUT2D eigenvalue weighted by atomic mass is 9.85. The molecule has 0 spiro atoms. The van der Waals surface area contributed by atoms with Gasteiger partial charge in [-0.2, -0.15) is 0 Å².